The van der Waals surface area contributed by atoms with Crippen molar-refractivity contribution in [2.24, 2.45) is 5.92 Å². The van der Waals surface area contributed by atoms with Gasteiger partial charge in [-0.15, -0.1) is 0 Å². The number of hydrogen-bond acceptors (Lipinski definition) is 5. The van der Waals surface area contributed by atoms with Crippen LogP contribution >= 0.6 is 23.2 Å². The first-order chi connectivity index (χ1) is 12.9. The van der Waals surface area contributed by atoms with Crippen LogP contribution in [0.5, 0.6) is 17.2 Å². The Kier molecular flexibility index (Phi) is 7.86. The van der Waals surface area contributed by atoms with Crippen LogP contribution in [0.4, 0.5) is 0 Å². The molecule has 0 aliphatic carbocycles. The number of rotatable bonds is 7. The van der Waals surface area contributed by atoms with Gasteiger partial charge in [0.15, 0.2) is 16.3 Å². The maximum Gasteiger partial charge on any atom is 0.254 e. The largest absolute Gasteiger partial charge is 0.493 e. The third-order valence-electron chi connectivity index (χ3n) is 4.58. The van der Waals surface area contributed by atoms with Gasteiger partial charge in [-0.1, -0.05) is 23.2 Å². The van der Waals surface area contributed by atoms with Gasteiger partial charge in [0, 0.05) is 25.2 Å². The second-order valence-electron chi connectivity index (χ2n) is 6.20. The smallest absolute Gasteiger partial charge is 0.254 e. The summed E-state index contributed by atoms with van der Waals surface area (Å²) in [6, 6.07) is 3.30. The molecule has 2 amide bonds. The molecule has 0 atom stereocenters. The van der Waals surface area contributed by atoms with Crippen molar-refractivity contribution >= 4 is 35.0 Å². The molecule has 7 nitrogen and oxygen atoms in total. The lowest BCUT2D eigenvalue weighted by atomic mass is 9.96. The summed E-state index contributed by atoms with van der Waals surface area (Å²) in [4.78, 5) is 25.0. The fourth-order valence-corrected chi connectivity index (χ4v) is 3.20. The molecule has 0 radical (unpaired) electrons. The first kappa shape index (κ1) is 21.4. The summed E-state index contributed by atoms with van der Waals surface area (Å²) >= 11 is 11.0. The van der Waals surface area contributed by atoms with Crippen molar-refractivity contribution in [1.82, 2.24) is 10.2 Å². The van der Waals surface area contributed by atoms with Crippen LogP contribution in [0.2, 0.25) is 0 Å². The fraction of sp³-hybridized carbons (Fsp3) is 0.556. The molecule has 9 heteroatoms. The molecule has 1 heterocycles. The minimum Gasteiger partial charge on any atom is -0.493 e. The molecule has 0 bridgehead atoms. The molecule has 2 rings (SSSR count). The lowest BCUT2D eigenvalue weighted by Gasteiger charge is -2.32. The summed E-state index contributed by atoms with van der Waals surface area (Å²) < 4.78 is 15.9. The van der Waals surface area contributed by atoms with E-state index in [0.29, 0.717) is 42.4 Å². The van der Waals surface area contributed by atoms with Gasteiger partial charge in [-0.25, -0.2) is 0 Å². The Morgan fingerprint density at radius 1 is 1.11 bits per heavy atom. The number of nitrogens with one attached hydrogen (secondary N) is 1. The number of likely N-dealkylation sites (tertiary alicyclic amines) is 1. The summed E-state index contributed by atoms with van der Waals surface area (Å²) in [6.07, 6.45) is 1.57. The number of benzene rings is 1. The van der Waals surface area contributed by atoms with Gasteiger partial charge in [-0.2, -0.15) is 0 Å². The van der Waals surface area contributed by atoms with Crippen LogP contribution in [0.15, 0.2) is 12.1 Å². The molecule has 0 unspecified atom stereocenters. The number of nitrogens with zero attached hydrogens (tertiary/aromatic N) is 1. The summed E-state index contributed by atoms with van der Waals surface area (Å²) in [6.45, 7) is 1.70. The number of ether oxygens (including phenoxy) is 3. The number of halogens is 2. The maximum atomic E-state index is 12.9. The summed E-state index contributed by atoms with van der Waals surface area (Å²) in [7, 11) is 4.54. The standard InChI is InChI=1S/C18H24Cl2N2O5/c1-25-13-8-12(9-14(26-2)15(13)27-3)18(24)22-6-4-11(5-7-22)10-21-17(23)16(19)20/h8-9,11,16H,4-7,10H2,1-3H3,(H,21,23). The monoisotopic (exact) mass is 418 g/mol. The van der Waals surface area contributed by atoms with Crippen LogP contribution in [0.25, 0.3) is 0 Å². The van der Waals surface area contributed by atoms with Crippen LogP contribution in [-0.2, 0) is 4.79 Å². The van der Waals surface area contributed by atoms with E-state index in [1.54, 1.807) is 17.0 Å². The first-order valence-electron chi connectivity index (χ1n) is 8.56. The molecule has 0 aromatic heterocycles. The van der Waals surface area contributed by atoms with Gasteiger partial charge < -0.3 is 24.4 Å². The number of alkyl halides is 2. The highest BCUT2D eigenvalue weighted by Gasteiger charge is 2.26. The van der Waals surface area contributed by atoms with E-state index in [1.807, 2.05) is 0 Å². The topological polar surface area (TPSA) is 77.1 Å². The van der Waals surface area contributed by atoms with E-state index in [0.717, 1.165) is 12.8 Å². The molecule has 1 aromatic carbocycles. The molecule has 0 spiro atoms. The minimum absolute atomic E-state index is 0.0988. The summed E-state index contributed by atoms with van der Waals surface area (Å²) in [5.74, 6) is 1.12. The minimum atomic E-state index is -1.06. The van der Waals surface area contributed by atoms with Gasteiger partial charge in [0.25, 0.3) is 11.8 Å². The van der Waals surface area contributed by atoms with Crippen LogP contribution in [0.1, 0.15) is 23.2 Å². The average molecular weight is 419 g/mol. The van der Waals surface area contributed by atoms with Crippen LogP contribution in [0, 0.1) is 5.92 Å². The molecule has 150 valence electrons. The number of hydrogen-bond donors (Lipinski definition) is 1. The van der Waals surface area contributed by atoms with E-state index < -0.39 is 10.7 Å². The molecule has 1 aliphatic rings. The van der Waals surface area contributed by atoms with Crippen molar-refractivity contribution in [3.63, 3.8) is 0 Å². The predicted octanol–water partition coefficient (Wildman–Crippen LogP) is 2.48. The second-order valence-corrected chi connectivity index (χ2v) is 7.29. The van der Waals surface area contributed by atoms with Crippen molar-refractivity contribution in [3.05, 3.63) is 17.7 Å². The van der Waals surface area contributed by atoms with E-state index in [-0.39, 0.29) is 11.8 Å². The molecule has 1 N–H and O–H groups in total. The average Bonchev–Trinajstić information content (AvgIpc) is 2.70. The summed E-state index contributed by atoms with van der Waals surface area (Å²) in [5.41, 5.74) is 0.475. The third kappa shape index (κ3) is 5.32. The van der Waals surface area contributed by atoms with Gasteiger partial charge in [0.1, 0.15) is 0 Å². The zero-order chi connectivity index (χ0) is 20.0. The van der Waals surface area contributed by atoms with Gasteiger partial charge in [0.05, 0.1) is 21.3 Å². The van der Waals surface area contributed by atoms with Crippen molar-refractivity contribution in [3.8, 4) is 17.2 Å². The Hall–Kier alpha value is -1.86. The van der Waals surface area contributed by atoms with E-state index in [2.05, 4.69) is 5.32 Å². The number of methoxy groups -OCH3 is 3. The molecule has 1 aliphatic heterocycles. The highest BCUT2D eigenvalue weighted by atomic mass is 35.5. The van der Waals surface area contributed by atoms with E-state index in [4.69, 9.17) is 37.4 Å². The maximum absolute atomic E-state index is 12.9. The van der Waals surface area contributed by atoms with Crippen molar-refractivity contribution in [2.45, 2.75) is 17.7 Å². The van der Waals surface area contributed by atoms with E-state index >= 15 is 0 Å². The number of amides is 2. The molecule has 1 fully saturated rings. The van der Waals surface area contributed by atoms with Gasteiger partial charge >= 0.3 is 0 Å². The molecular formula is C18H24Cl2N2O5. The second kappa shape index (κ2) is 9.90. The molecule has 27 heavy (non-hydrogen) atoms. The van der Waals surface area contributed by atoms with Crippen LogP contribution in [0.3, 0.4) is 0 Å². The van der Waals surface area contributed by atoms with Crippen molar-refractivity contribution in [2.75, 3.05) is 41.0 Å². The van der Waals surface area contributed by atoms with E-state index in [1.165, 1.54) is 21.3 Å². The van der Waals surface area contributed by atoms with Crippen molar-refractivity contribution in [1.29, 1.82) is 0 Å². The van der Waals surface area contributed by atoms with Crippen LogP contribution < -0.4 is 19.5 Å². The highest BCUT2D eigenvalue weighted by Crippen LogP contribution is 2.38. The molecular weight excluding hydrogens is 395 g/mol. The lowest BCUT2D eigenvalue weighted by molar-refractivity contribution is -0.119. The number of carbonyl (C=O) groups is 2. The normalized spacial score (nSPS) is 14.8. The number of carbonyl (C=O) groups excluding carboxylic acids is 2. The lowest BCUT2D eigenvalue weighted by Crippen LogP contribution is -2.42. The third-order valence-corrected chi connectivity index (χ3v) is 4.97. The summed E-state index contributed by atoms with van der Waals surface area (Å²) in [5, 5.41) is 2.72. The van der Waals surface area contributed by atoms with Gasteiger partial charge in [0.2, 0.25) is 5.75 Å². The van der Waals surface area contributed by atoms with Crippen molar-refractivity contribution < 1.29 is 23.8 Å². The molecule has 1 saturated heterocycles. The quantitative estimate of drug-likeness (QED) is 0.688. The zero-order valence-electron chi connectivity index (χ0n) is 15.6. The SMILES string of the molecule is COc1cc(C(=O)N2CCC(CNC(=O)C(Cl)Cl)CC2)cc(OC)c1OC. The Balaban J connectivity index is 2.00. The van der Waals surface area contributed by atoms with E-state index in [9.17, 15) is 9.59 Å². The zero-order valence-corrected chi connectivity index (χ0v) is 17.1. The van der Waals surface area contributed by atoms with Gasteiger partial charge in [-0.05, 0) is 30.9 Å². The Labute approximate surface area is 168 Å². The highest BCUT2D eigenvalue weighted by molar-refractivity contribution is 6.53. The fourth-order valence-electron chi connectivity index (χ4n) is 3.05. The molecule has 1 aromatic rings. The Bertz CT molecular complexity index is 651. The Morgan fingerprint density at radius 2 is 1.67 bits per heavy atom. The number of piperidine rings is 1. The first-order valence-corrected chi connectivity index (χ1v) is 9.43. The van der Waals surface area contributed by atoms with Gasteiger partial charge in [-0.3, -0.25) is 9.59 Å². The predicted molar refractivity (Wildman–Crippen MR) is 103 cm³/mol. The van der Waals surface area contributed by atoms with Crippen LogP contribution in [-0.4, -0.2) is 62.5 Å². The Morgan fingerprint density at radius 3 is 2.11 bits per heavy atom. The molecule has 0 saturated carbocycles.